The largest absolute Gasteiger partial charge is 0.355 e. The smallest absolute Gasteiger partial charge is 0.273 e. The summed E-state index contributed by atoms with van der Waals surface area (Å²) in [6, 6.07) is 11.4. The molecular formula is C20H27N3O2. The predicted octanol–water partition coefficient (Wildman–Crippen LogP) is 3.44. The average Bonchev–Trinajstić information content (AvgIpc) is 3.11. The number of nitrogens with zero attached hydrogens (tertiary/aromatic N) is 2. The molecule has 1 fully saturated rings. The van der Waals surface area contributed by atoms with Crippen LogP contribution in [0.3, 0.4) is 0 Å². The fourth-order valence-corrected chi connectivity index (χ4v) is 3.34. The molecule has 3 rings (SSSR count). The van der Waals surface area contributed by atoms with E-state index in [1.54, 1.807) is 6.07 Å². The average molecular weight is 341 g/mol. The van der Waals surface area contributed by atoms with E-state index in [1.165, 1.54) is 6.54 Å². The van der Waals surface area contributed by atoms with Gasteiger partial charge in [0.15, 0.2) is 11.5 Å². The minimum absolute atomic E-state index is 0.157. The van der Waals surface area contributed by atoms with E-state index in [4.69, 9.17) is 4.52 Å². The third-order valence-electron chi connectivity index (χ3n) is 4.68. The van der Waals surface area contributed by atoms with Crippen molar-refractivity contribution in [3.05, 3.63) is 42.1 Å². The van der Waals surface area contributed by atoms with Crippen molar-refractivity contribution in [2.75, 3.05) is 26.2 Å². The summed E-state index contributed by atoms with van der Waals surface area (Å²) in [5, 5.41) is 6.91. The van der Waals surface area contributed by atoms with Crippen LogP contribution in [0.25, 0.3) is 11.3 Å². The molecule has 5 heteroatoms. The fraction of sp³-hybridized carbons (Fsp3) is 0.500. The molecule has 25 heavy (non-hydrogen) atoms. The van der Waals surface area contributed by atoms with Crippen molar-refractivity contribution in [2.45, 2.75) is 26.7 Å². The predicted molar refractivity (Wildman–Crippen MR) is 98.3 cm³/mol. The van der Waals surface area contributed by atoms with Gasteiger partial charge in [-0.25, -0.2) is 0 Å². The van der Waals surface area contributed by atoms with Gasteiger partial charge in [0.25, 0.3) is 5.91 Å². The number of carbonyl (C=O) groups is 1. The number of aromatic nitrogens is 1. The standard InChI is InChI=1S/C20H27N3O2/c1-15(2)14-23-10-8-16(9-11-23)13-21-20(24)18-12-19(25-22-18)17-6-4-3-5-7-17/h3-7,12,15-16H,8-11,13-14H2,1-2H3,(H,21,24). The number of amides is 1. The van der Waals surface area contributed by atoms with E-state index < -0.39 is 0 Å². The van der Waals surface area contributed by atoms with E-state index in [9.17, 15) is 4.79 Å². The quantitative estimate of drug-likeness (QED) is 0.874. The van der Waals surface area contributed by atoms with Gasteiger partial charge in [-0.1, -0.05) is 49.3 Å². The van der Waals surface area contributed by atoms with E-state index in [0.29, 0.717) is 29.8 Å². The van der Waals surface area contributed by atoms with Crippen LogP contribution < -0.4 is 5.32 Å². The minimum atomic E-state index is -0.157. The van der Waals surface area contributed by atoms with Crippen LogP contribution in [0.4, 0.5) is 0 Å². The highest BCUT2D eigenvalue weighted by atomic mass is 16.5. The zero-order valence-electron chi connectivity index (χ0n) is 15.1. The molecule has 1 aromatic carbocycles. The molecule has 134 valence electrons. The van der Waals surface area contributed by atoms with Gasteiger partial charge in [0, 0.05) is 24.7 Å². The van der Waals surface area contributed by atoms with Crippen LogP contribution in [0.2, 0.25) is 0 Å². The van der Waals surface area contributed by atoms with Crippen molar-refractivity contribution >= 4 is 5.91 Å². The monoisotopic (exact) mass is 341 g/mol. The van der Waals surface area contributed by atoms with Crippen molar-refractivity contribution in [2.24, 2.45) is 11.8 Å². The van der Waals surface area contributed by atoms with Crippen LogP contribution in [-0.4, -0.2) is 42.1 Å². The molecule has 0 saturated carbocycles. The fourth-order valence-electron chi connectivity index (χ4n) is 3.34. The summed E-state index contributed by atoms with van der Waals surface area (Å²) in [7, 11) is 0. The Labute approximate surface area is 149 Å². The van der Waals surface area contributed by atoms with Crippen molar-refractivity contribution in [1.82, 2.24) is 15.4 Å². The number of piperidine rings is 1. The third-order valence-corrected chi connectivity index (χ3v) is 4.68. The van der Waals surface area contributed by atoms with Crippen molar-refractivity contribution < 1.29 is 9.32 Å². The topological polar surface area (TPSA) is 58.4 Å². The molecule has 1 N–H and O–H groups in total. The zero-order valence-corrected chi connectivity index (χ0v) is 15.1. The number of benzene rings is 1. The molecule has 0 unspecified atom stereocenters. The van der Waals surface area contributed by atoms with Gasteiger partial charge in [-0.05, 0) is 37.8 Å². The molecule has 1 aromatic heterocycles. The van der Waals surface area contributed by atoms with Crippen LogP contribution in [-0.2, 0) is 0 Å². The molecule has 2 aromatic rings. The molecule has 2 heterocycles. The van der Waals surface area contributed by atoms with E-state index in [2.05, 4.69) is 29.2 Å². The van der Waals surface area contributed by atoms with Gasteiger partial charge >= 0.3 is 0 Å². The van der Waals surface area contributed by atoms with Crippen LogP contribution in [0.5, 0.6) is 0 Å². The number of rotatable bonds is 6. The number of nitrogens with one attached hydrogen (secondary N) is 1. The lowest BCUT2D eigenvalue weighted by atomic mass is 9.96. The summed E-state index contributed by atoms with van der Waals surface area (Å²) >= 11 is 0. The van der Waals surface area contributed by atoms with Gasteiger partial charge < -0.3 is 14.7 Å². The Morgan fingerprint density at radius 1 is 1.28 bits per heavy atom. The SMILES string of the molecule is CC(C)CN1CCC(CNC(=O)c2cc(-c3ccccc3)on2)CC1. The maximum absolute atomic E-state index is 12.3. The third kappa shape index (κ3) is 4.92. The van der Waals surface area contributed by atoms with Gasteiger partial charge in [0.1, 0.15) is 0 Å². The molecule has 0 spiro atoms. The first kappa shape index (κ1) is 17.7. The highest BCUT2D eigenvalue weighted by molar-refractivity contribution is 5.93. The van der Waals surface area contributed by atoms with Gasteiger partial charge in [-0.15, -0.1) is 0 Å². The summed E-state index contributed by atoms with van der Waals surface area (Å²) in [4.78, 5) is 14.8. The van der Waals surface area contributed by atoms with Gasteiger partial charge in [0.05, 0.1) is 0 Å². The second kappa shape index (κ2) is 8.30. The van der Waals surface area contributed by atoms with Crippen LogP contribution in [0.15, 0.2) is 40.9 Å². The van der Waals surface area contributed by atoms with E-state index in [-0.39, 0.29) is 5.91 Å². The minimum Gasteiger partial charge on any atom is -0.355 e. The molecule has 1 aliphatic rings. The van der Waals surface area contributed by atoms with Crippen molar-refractivity contribution in [1.29, 1.82) is 0 Å². The Morgan fingerprint density at radius 3 is 2.68 bits per heavy atom. The van der Waals surface area contributed by atoms with Crippen LogP contribution in [0.1, 0.15) is 37.2 Å². The highest BCUT2D eigenvalue weighted by Crippen LogP contribution is 2.20. The van der Waals surface area contributed by atoms with Gasteiger partial charge in [-0.2, -0.15) is 0 Å². The molecule has 0 atom stereocenters. The Balaban J connectivity index is 1.47. The summed E-state index contributed by atoms with van der Waals surface area (Å²) in [6.07, 6.45) is 2.28. The summed E-state index contributed by atoms with van der Waals surface area (Å²) < 4.78 is 5.30. The number of hydrogen-bond donors (Lipinski definition) is 1. The molecule has 1 aliphatic heterocycles. The van der Waals surface area contributed by atoms with E-state index >= 15 is 0 Å². The first-order valence-corrected chi connectivity index (χ1v) is 9.14. The van der Waals surface area contributed by atoms with Crippen LogP contribution in [0, 0.1) is 11.8 Å². The number of hydrogen-bond acceptors (Lipinski definition) is 4. The lowest BCUT2D eigenvalue weighted by molar-refractivity contribution is 0.0925. The van der Waals surface area contributed by atoms with E-state index in [1.807, 2.05) is 30.3 Å². The Hall–Kier alpha value is -2.14. The normalized spacial score (nSPS) is 16.3. The molecule has 1 saturated heterocycles. The van der Waals surface area contributed by atoms with Crippen molar-refractivity contribution in [3.8, 4) is 11.3 Å². The van der Waals surface area contributed by atoms with Crippen molar-refractivity contribution in [3.63, 3.8) is 0 Å². The lowest BCUT2D eigenvalue weighted by Crippen LogP contribution is -2.40. The van der Waals surface area contributed by atoms with Crippen LogP contribution >= 0.6 is 0 Å². The number of likely N-dealkylation sites (tertiary alicyclic amines) is 1. The highest BCUT2D eigenvalue weighted by Gasteiger charge is 2.21. The summed E-state index contributed by atoms with van der Waals surface area (Å²) in [6.45, 7) is 8.64. The molecular weight excluding hydrogens is 314 g/mol. The lowest BCUT2D eigenvalue weighted by Gasteiger charge is -2.32. The molecule has 5 nitrogen and oxygen atoms in total. The molecule has 0 radical (unpaired) electrons. The molecule has 1 amide bonds. The Morgan fingerprint density at radius 2 is 2.00 bits per heavy atom. The zero-order chi connectivity index (χ0) is 17.6. The Bertz CT molecular complexity index is 673. The van der Waals surface area contributed by atoms with E-state index in [0.717, 1.165) is 31.5 Å². The first-order chi connectivity index (χ1) is 12.1. The maximum atomic E-state index is 12.3. The second-order valence-corrected chi connectivity index (χ2v) is 7.29. The summed E-state index contributed by atoms with van der Waals surface area (Å²) in [5.74, 6) is 1.72. The number of carbonyl (C=O) groups excluding carboxylic acids is 1. The molecule has 0 aliphatic carbocycles. The second-order valence-electron chi connectivity index (χ2n) is 7.29. The Kier molecular flexibility index (Phi) is 5.87. The summed E-state index contributed by atoms with van der Waals surface area (Å²) in [5.41, 5.74) is 1.27. The van der Waals surface area contributed by atoms with Gasteiger partial charge in [0.2, 0.25) is 0 Å². The van der Waals surface area contributed by atoms with Gasteiger partial charge in [-0.3, -0.25) is 4.79 Å². The molecule has 0 bridgehead atoms. The first-order valence-electron chi connectivity index (χ1n) is 9.14. The maximum Gasteiger partial charge on any atom is 0.273 e.